The Morgan fingerprint density at radius 3 is 2.47 bits per heavy atom. The Morgan fingerprint density at radius 1 is 1.42 bits per heavy atom. The summed E-state index contributed by atoms with van der Waals surface area (Å²) in [6.07, 6.45) is 0.899. The smallest absolute Gasteiger partial charge is 0.167 e. The van der Waals surface area contributed by atoms with E-state index >= 15 is 0 Å². The molecule has 19 heavy (non-hydrogen) atoms. The second-order valence-electron chi connectivity index (χ2n) is 5.92. The largest absolute Gasteiger partial charge is 0.373 e. The minimum absolute atomic E-state index is 0.118. The molecule has 0 saturated heterocycles. The first-order valence-electron chi connectivity index (χ1n) is 6.94. The van der Waals surface area contributed by atoms with Gasteiger partial charge in [-0.2, -0.15) is 5.10 Å². The van der Waals surface area contributed by atoms with Crippen molar-refractivity contribution in [1.82, 2.24) is 9.78 Å². The Balaban J connectivity index is 2.89. The van der Waals surface area contributed by atoms with Crippen LogP contribution in [-0.2, 0) is 28.9 Å². The van der Waals surface area contributed by atoms with E-state index in [1.54, 1.807) is 7.11 Å². The molecule has 0 aromatic carbocycles. The van der Waals surface area contributed by atoms with Crippen molar-refractivity contribution in [3.63, 3.8) is 0 Å². The van der Waals surface area contributed by atoms with Gasteiger partial charge in [0.2, 0.25) is 0 Å². The van der Waals surface area contributed by atoms with E-state index in [9.17, 15) is 4.79 Å². The van der Waals surface area contributed by atoms with Crippen LogP contribution in [0.2, 0.25) is 0 Å². The third-order valence-electron chi connectivity index (χ3n) is 3.25. The van der Waals surface area contributed by atoms with Crippen molar-refractivity contribution < 1.29 is 9.53 Å². The molecule has 0 bridgehead atoms. The van der Waals surface area contributed by atoms with Crippen molar-refractivity contribution in [2.75, 3.05) is 7.11 Å². The molecule has 0 aliphatic heterocycles. The van der Waals surface area contributed by atoms with Crippen molar-refractivity contribution in [3.8, 4) is 0 Å². The number of nitrogens with zero attached hydrogens (tertiary/aromatic N) is 2. The molecule has 1 heterocycles. The zero-order chi connectivity index (χ0) is 14.6. The van der Waals surface area contributed by atoms with Crippen molar-refractivity contribution >= 4 is 5.78 Å². The van der Waals surface area contributed by atoms with Crippen LogP contribution in [-0.4, -0.2) is 28.8 Å². The van der Waals surface area contributed by atoms with E-state index in [0.717, 1.165) is 24.4 Å². The molecule has 0 saturated carbocycles. The van der Waals surface area contributed by atoms with Gasteiger partial charge >= 0.3 is 0 Å². The van der Waals surface area contributed by atoms with Crippen LogP contribution >= 0.6 is 0 Å². The summed E-state index contributed by atoms with van der Waals surface area (Å²) >= 11 is 0. The molecule has 108 valence electrons. The highest BCUT2D eigenvalue weighted by atomic mass is 16.5. The number of hydrogen-bond acceptors (Lipinski definition) is 3. The van der Waals surface area contributed by atoms with E-state index < -0.39 is 0 Å². The topological polar surface area (TPSA) is 44.1 Å². The molecule has 0 spiro atoms. The highest BCUT2D eigenvalue weighted by Crippen LogP contribution is 2.23. The zero-order valence-corrected chi connectivity index (χ0v) is 13.0. The van der Waals surface area contributed by atoms with Crippen LogP contribution in [0.3, 0.4) is 0 Å². The van der Waals surface area contributed by atoms with Crippen molar-refractivity contribution in [3.05, 3.63) is 17.5 Å². The second-order valence-corrected chi connectivity index (χ2v) is 5.92. The van der Waals surface area contributed by atoms with Gasteiger partial charge in [0, 0.05) is 19.3 Å². The summed E-state index contributed by atoms with van der Waals surface area (Å²) in [5.41, 5.74) is 1.83. The van der Waals surface area contributed by atoms with Gasteiger partial charge in [-0.15, -0.1) is 0 Å². The predicted octanol–water partition coefficient (Wildman–Crippen LogP) is 2.64. The van der Waals surface area contributed by atoms with E-state index in [1.807, 2.05) is 38.4 Å². The lowest BCUT2D eigenvalue weighted by Crippen LogP contribution is -2.37. The monoisotopic (exact) mass is 266 g/mol. The van der Waals surface area contributed by atoms with Crippen LogP contribution in [0.1, 0.15) is 46.0 Å². The Morgan fingerprint density at radius 2 is 2.05 bits per heavy atom. The first-order chi connectivity index (χ1) is 8.83. The molecular formula is C15H26N2O2. The van der Waals surface area contributed by atoms with Gasteiger partial charge < -0.3 is 4.74 Å². The summed E-state index contributed by atoms with van der Waals surface area (Å²) in [5.74, 6) is 0.118. The number of hydrogen-bond donors (Lipinski definition) is 0. The Labute approximate surface area is 116 Å². The summed E-state index contributed by atoms with van der Waals surface area (Å²) in [7, 11) is 1.60. The number of aryl methyl sites for hydroxylation is 2. The lowest BCUT2D eigenvalue weighted by atomic mass is 9.85. The van der Waals surface area contributed by atoms with Crippen LogP contribution in [0.15, 0.2) is 6.07 Å². The number of ether oxygens (including phenoxy) is 1. The molecule has 1 unspecified atom stereocenters. The maximum absolute atomic E-state index is 12.4. The lowest BCUT2D eigenvalue weighted by molar-refractivity contribution is -0.134. The van der Waals surface area contributed by atoms with Crippen molar-refractivity contribution in [2.45, 2.75) is 60.1 Å². The highest BCUT2D eigenvalue weighted by molar-refractivity contribution is 5.85. The third-order valence-corrected chi connectivity index (χ3v) is 3.25. The summed E-state index contributed by atoms with van der Waals surface area (Å²) in [4.78, 5) is 12.4. The number of carbonyl (C=O) groups excluding carboxylic acids is 1. The maximum atomic E-state index is 12.4. The van der Waals surface area contributed by atoms with Crippen LogP contribution in [0.4, 0.5) is 0 Å². The lowest BCUT2D eigenvalue weighted by Gasteiger charge is -2.28. The number of methoxy groups -OCH3 is 1. The minimum atomic E-state index is -0.377. The van der Waals surface area contributed by atoms with Gasteiger partial charge in [-0.05, 0) is 24.8 Å². The normalized spacial score (nSPS) is 13.6. The fourth-order valence-electron chi connectivity index (χ4n) is 2.34. The van der Waals surface area contributed by atoms with Crippen molar-refractivity contribution in [2.24, 2.45) is 5.41 Å². The summed E-state index contributed by atoms with van der Waals surface area (Å²) in [6, 6.07) is 2.02. The molecule has 4 nitrogen and oxygen atoms in total. The van der Waals surface area contributed by atoms with Crippen LogP contribution in [0, 0.1) is 5.41 Å². The number of aromatic nitrogens is 2. The van der Waals surface area contributed by atoms with Gasteiger partial charge in [0.05, 0.1) is 12.1 Å². The molecule has 0 N–H and O–H groups in total. The average molecular weight is 266 g/mol. The summed E-state index contributed by atoms with van der Waals surface area (Å²) < 4.78 is 7.29. The Kier molecular flexibility index (Phi) is 5.29. The van der Waals surface area contributed by atoms with E-state index in [1.165, 1.54) is 0 Å². The summed E-state index contributed by atoms with van der Waals surface area (Å²) in [6.45, 7) is 11.0. The number of carbonyl (C=O) groups is 1. The molecule has 4 heteroatoms. The molecule has 1 aromatic rings. The van der Waals surface area contributed by atoms with Crippen LogP contribution in [0.25, 0.3) is 0 Å². The SMILES string of the molecule is CCc1cc(CC(=O)C(OC)C(C)(C)C)n(CC)n1. The zero-order valence-electron chi connectivity index (χ0n) is 13.0. The number of ketones is 1. The molecule has 0 fully saturated rings. The highest BCUT2D eigenvalue weighted by Gasteiger charge is 2.31. The Hall–Kier alpha value is -1.16. The summed E-state index contributed by atoms with van der Waals surface area (Å²) in [5, 5.41) is 4.47. The first kappa shape index (κ1) is 15.9. The van der Waals surface area contributed by atoms with E-state index in [-0.39, 0.29) is 17.3 Å². The van der Waals surface area contributed by atoms with Gasteiger partial charge in [-0.25, -0.2) is 0 Å². The van der Waals surface area contributed by atoms with Gasteiger partial charge in [0.1, 0.15) is 6.10 Å². The van der Waals surface area contributed by atoms with Crippen LogP contribution < -0.4 is 0 Å². The molecule has 1 aromatic heterocycles. The standard InChI is InChI=1S/C15H26N2O2/c1-7-11-9-12(17(8-2)16-11)10-13(18)14(19-6)15(3,4)5/h9,14H,7-8,10H2,1-6H3. The average Bonchev–Trinajstić information content (AvgIpc) is 2.70. The fourth-order valence-corrected chi connectivity index (χ4v) is 2.34. The second kappa shape index (κ2) is 6.33. The van der Waals surface area contributed by atoms with E-state index in [4.69, 9.17) is 4.74 Å². The van der Waals surface area contributed by atoms with Crippen molar-refractivity contribution in [1.29, 1.82) is 0 Å². The predicted molar refractivity (Wildman–Crippen MR) is 76.2 cm³/mol. The Bertz CT molecular complexity index is 430. The van der Waals surface area contributed by atoms with Gasteiger partial charge in [-0.3, -0.25) is 9.48 Å². The maximum Gasteiger partial charge on any atom is 0.167 e. The van der Waals surface area contributed by atoms with Gasteiger partial charge in [0.25, 0.3) is 0 Å². The number of Topliss-reactive ketones (excluding diaryl/α,β-unsaturated/α-hetero) is 1. The minimum Gasteiger partial charge on any atom is -0.373 e. The number of rotatable bonds is 6. The van der Waals surface area contributed by atoms with Crippen LogP contribution in [0.5, 0.6) is 0 Å². The molecule has 1 atom stereocenters. The molecule has 0 aliphatic rings. The van der Waals surface area contributed by atoms with Gasteiger partial charge in [-0.1, -0.05) is 27.7 Å². The molecule has 1 rings (SSSR count). The molecule has 0 aliphatic carbocycles. The van der Waals surface area contributed by atoms with E-state index in [0.29, 0.717) is 6.42 Å². The first-order valence-corrected chi connectivity index (χ1v) is 6.94. The molecular weight excluding hydrogens is 240 g/mol. The quantitative estimate of drug-likeness (QED) is 0.795. The molecule has 0 amide bonds. The van der Waals surface area contributed by atoms with E-state index in [2.05, 4.69) is 12.0 Å². The molecule has 0 radical (unpaired) electrons. The van der Waals surface area contributed by atoms with Gasteiger partial charge in [0.15, 0.2) is 5.78 Å². The fraction of sp³-hybridized carbons (Fsp3) is 0.733. The third kappa shape index (κ3) is 3.90.